The van der Waals surface area contributed by atoms with E-state index in [0.29, 0.717) is 22.4 Å². The number of alkyl halides is 3. The van der Waals surface area contributed by atoms with Gasteiger partial charge in [0.15, 0.2) is 0 Å². The van der Waals surface area contributed by atoms with Crippen molar-refractivity contribution in [3.05, 3.63) is 63.3 Å². The summed E-state index contributed by atoms with van der Waals surface area (Å²) in [7, 11) is 0. The smallest absolute Gasteiger partial charge is 0.345 e. The molecule has 0 aliphatic heterocycles. The van der Waals surface area contributed by atoms with E-state index in [2.05, 4.69) is 30.8 Å². The van der Waals surface area contributed by atoms with Gasteiger partial charge >= 0.3 is 6.18 Å². The SMILES string of the molecule is Cc1nnc(CNC(=O)c2cnc(Nc3ccc(Cl)cc3Cl)cc2C(F)(F)F)[nH]1. The van der Waals surface area contributed by atoms with Crippen LogP contribution in [0.2, 0.25) is 10.0 Å². The fourth-order valence-electron chi connectivity index (χ4n) is 2.40. The number of hydrogen-bond donors (Lipinski definition) is 3. The van der Waals surface area contributed by atoms with Crippen LogP contribution in [0.5, 0.6) is 0 Å². The summed E-state index contributed by atoms with van der Waals surface area (Å²) in [4.78, 5) is 18.9. The Morgan fingerprint density at radius 2 is 1.97 bits per heavy atom. The van der Waals surface area contributed by atoms with Crippen molar-refractivity contribution in [3.8, 4) is 0 Å². The summed E-state index contributed by atoms with van der Waals surface area (Å²) in [5.74, 6) is -0.255. The van der Waals surface area contributed by atoms with Crippen molar-refractivity contribution in [3.63, 3.8) is 0 Å². The van der Waals surface area contributed by atoms with Crippen LogP contribution in [0.15, 0.2) is 30.5 Å². The highest BCUT2D eigenvalue weighted by Crippen LogP contribution is 2.34. The number of aromatic nitrogens is 4. The predicted molar refractivity (Wildman–Crippen MR) is 101 cm³/mol. The number of aromatic amines is 1. The quantitative estimate of drug-likeness (QED) is 0.538. The molecule has 2 aromatic heterocycles. The summed E-state index contributed by atoms with van der Waals surface area (Å²) < 4.78 is 40.6. The number of anilines is 2. The van der Waals surface area contributed by atoms with Gasteiger partial charge in [0, 0.05) is 11.2 Å². The van der Waals surface area contributed by atoms with E-state index >= 15 is 0 Å². The summed E-state index contributed by atoms with van der Waals surface area (Å²) in [6, 6.07) is 5.19. The number of benzene rings is 1. The van der Waals surface area contributed by atoms with Gasteiger partial charge in [-0.05, 0) is 31.2 Å². The van der Waals surface area contributed by atoms with Gasteiger partial charge in [-0.15, -0.1) is 10.2 Å². The molecule has 0 saturated heterocycles. The molecule has 0 spiro atoms. The number of aryl methyl sites for hydroxylation is 1. The Kier molecular flexibility index (Phi) is 5.94. The molecule has 0 fully saturated rings. The van der Waals surface area contributed by atoms with E-state index in [1.807, 2.05) is 0 Å². The molecule has 0 aliphatic rings. The third-order valence-electron chi connectivity index (χ3n) is 3.71. The number of carbonyl (C=O) groups is 1. The second-order valence-corrected chi connectivity index (χ2v) is 6.75. The van der Waals surface area contributed by atoms with Crippen LogP contribution in [0.1, 0.15) is 27.6 Å². The van der Waals surface area contributed by atoms with Gasteiger partial charge in [-0.3, -0.25) is 4.79 Å². The summed E-state index contributed by atoms with van der Waals surface area (Å²) in [5, 5.41) is 13.1. The molecule has 0 atom stereocenters. The fourth-order valence-corrected chi connectivity index (χ4v) is 2.86. The largest absolute Gasteiger partial charge is 0.417 e. The van der Waals surface area contributed by atoms with Crippen molar-refractivity contribution in [2.24, 2.45) is 0 Å². The number of halogens is 5. The van der Waals surface area contributed by atoms with E-state index in [1.54, 1.807) is 6.92 Å². The number of nitrogens with zero attached hydrogens (tertiary/aromatic N) is 3. The number of nitrogens with one attached hydrogen (secondary N) is 3. The molecule has 0 saturated carbocycles. The fraction of sp³-hybridized carbons (Fsp3) is 0.176. The van der Waals surface area contributed by atoms with Crippen molar-refractivity contribution in [1.29, 1.82) is 0 Å². The Balaban J connectivity index is 1.84. The summed E-state index contributed by atoms with van der Waals surface area (Å²) in [6.07, 6.45) is -3.94. The molecule has 0 aliphatic carbocycles. The highest BCUT2D eigenvalue weighted by Gasteiger charge is 2.36. The van der Waals surface area contributed by atoms with E-state index in [0.717, 1.165) is 12.3 Å². The lowest BCUT2D eigenvalue weighted by molar-refractivity contribution is -0.137. The van der Waals surface area contributed by atoms with Gasteiger partial charge in [0.25, 0.3) is 5.91 Å². The minimum atomic E-state index is -4.78. The van der Waals surface area contributed by atoms with Gasteiger partial charge < -0.3 is 15.6 Å². The molecule has 0 unspecified atom stereocenters. The predicted octanol–water partition coefficient (Wildman–Crippen LogP) is 4.51. The average Bonchev–Trinajstić information content (AvgIpc) is 3.06. The van der Waals surface area contributed by atoms with Crippen LogP contribution >= 0.6 is 23.2 Å². The van der Waals surface area contributed by atoms with Gasteiger partial charge in [0.05, 0.1) is 28.4 Å². The zero-order valence-corrected chi connectivity index (χ0v) is 16.2. The molecule has 3 rings (SSSR count). The topological polar surface area (TPSA) is 95.6 Å². The number of H-pyrrole nitrogens is 1. The zero-order chi connectivity index (χ0) is 21.2. The maximum absolute atomic E-state index is 13.5. The van der Waals surface area contributed by atoms with Gasteiger partial charge in [0.2, 0.25) is 0 Å². The maximum Gasteiger partial charge on any atom is 0.417 e. The summed E-state index contributed by atoms with van der Waals surface area (Å²) in [6.45, 7) is 1.54. The lowest BCUT2D eigenvalue weighted by Crippen LogP contribution is -2.26. The van der Waals surface area contributed by atoms with Crippen LogP contribution in [0.4, 0.5) is 24.7 Å². The van der Waals surface area contributed by atoms with Crippen molar-refractivity contribution >= 4 is 40.6 Å². The average molecular weight is 445 g/mol. The molecule has 1 aromatic carbocycles. The molecule has 29 heavy (non-hydrogen) atoms. The summed E-state index contributed by atoms with van der Waals surface area (Å²) in [5.41, 5.74) is -1.46. The molecule has 152 valence electrons. The Hall–Kier alpha value is -2.85. The van der Waals surface area contributed by atoms with Crippen LogP contribution in [-0.2, 0) is 12.7 Å². The number of pyridine rings is 1. The van der Waals surface area contributed by atoms with Crippen molar-refractivity contribution < 1.29 is 18.0 Å². The van der Waals surface area contributed by atoms with Crippen LogP contribution in [0.3, 0.4) is 0 Å². The third-order valence-corrected chi connectivity index (χ3v) is 4.26. The Bertz CT molecular complexity index is 1050. The van der Waals surface area contributed by atoms with Crippen LogP contribution in [-0.4, -0.2) is 26.1 Å². The summed E-state index contributed by atoms with van der Waals surface area (Å²) >= 11 is 11.8. The van der Waals surface area contributed by atoms with Crippen LogP contribution in [0.25, 0.3) is 0 Å². The maximum atomic E-state index is 13.5. The van der Waals surface area contributed by atoms with Crippen molar-refractivity contribution in [2.45, 2.75) is 19.6 Å². The van der Waals surface area contributed by atoms with Gasteiger partial charge in [0.1, 0.15) is 17.5 Å². The Labute approximate surface area is 172 Å². The van der Waals surface area contributed by atoms with Gasteiger partial charge in [-0.2, -0.15) is 13.2 Å². The van der Waals surface area contributed by atoms with E-state index in [-0.39, 0.29) is 17.4 Å². The van der Waals surface area contributed by atoms with Crippen LogP contribution in [0, 0.1) is 6.92 Å². The van der Waals surface area contributed by atoms with Crippen molar-refractivity contribution in [1.82, 2.24) is 25.5 Å². The Morgan fingerprint density at radius 1 is 1.21 bits per heavy atom. The lowest BCUT2D eigenvalue weighted by Gasteiger charge is -2.15. The van der Waals surface area contributed by atoms with E-state index in [1.165, 1.54) is 18.2 Å². The third kappa shape index (κ3) is 5.15. The molecule has 3 N–H and O–H groups in total. The minimum Gasteiger partial charge on any atom is -0.345 e. The van der Waals surface area contributed by atoms with Gasteiger partial charge in [-0.25, -0.2) is 4.98 Å². The van der Waals surface area contributed by atoms with E-state index in [9.17, 15) is 18.0 Å². The normalized spacial score (nSPS) is 11.4. The number of rotatable bonds is 5. The molecule has 3 aromatic rings. The second kappa shape index (κ2) is 8.26. The highest BCUT2D eigenvalue weighted by atomic mass is 35.5. The standard InChI is InChI=1S/C17H13Cl2F3N6O/c1-8-25-15(28-27-8)7-24-16(29)10-6-23-14(5-11(10)17(20,21)22)26-13-3-2-9(18)4-12(13)19/h2-6H,7H2,1H3,(H,23,26)(H,24,29)(H,25,27,28). The molecule has 2 heterocycles. The molecule has 0 radical (unpaired) electrons. The number of carbonyl (C=O) groups excluding carboxylic acids is 1. The first-order chi connectivity index (χ1) is 13.6. The Morgan fingerprint density at radius 3 is 2.59 bits per heavy atom. The zero-order valence-electron chi connectivity index (χ0n) is 14.7. The molecule has 7 nitrogen and oxygen atoms in total. The second-order valence-electron chi connectivity index (χ2n) is 5.90. The monoisotopic (exact) mass is 444 g/mol. The first kappa shape index (κ1) is 20.9. The van der Waals surface area contributed by atoms with Crippen molar-refractivity contribution in [2.75, 3.05) is 5.32 Å². The molecule has 1 amide bonds. The first-order valence-electron chi connectivity index (χ1n) is 8.09. The molecule has 12 heteroatoms. The minimum absolute atomic E-state index is 0.114. The molecular weight excluding hydrogens is 432 g/mol. The van der Waals surface area contributed by atoms with E-state index in [4.69, 9.17) is 23.2 Å². The number of hydrogen-bond acceptors (Lipinski definition) is 5. The molecule has 0 bridgehead atoms. The number of amides is 1. The molecular formula is C17H13Cl2F3N6O. The lowest BCUT2D eigenvalue weighted by atomic mass is 10.1. The van der Waals surface area contributed by atoms with E-state index < -0.39 is 23.2 Å². The highest BCUT2D eigenvalue weighted by molar-refractivity contribution is 6.36. The van der Waals surface area contributed by atoms with Gasteiger partial charge in [-0.1, -0.05) is 23.2 Å². The first-order valence-corrected chi connectivity index (χ1v) is 8.85. The van der Waals surface area contributed by atoms with Crippen LogP contribution < -0.4 is 10.6 Å².